The summed E-state index contributed by atoms with van der Waals surface area (Å²) in [6.07, 6.45) is -0.175. The number of carbonyl (C=O) groups is 3. The van der Waals surface area contributed by atoms with Gasteiger partial charge < -0.3 is 14.8 Å². The molecule has 1 saturated heterocycles. The second-order valence-corrected chi connectivity index (χ2v) is 8.81. The lowest BCUT2D eigenvalue weighted by molar-refractivity contribution is -0.128. The molecule has 196 valence electrons. The molecule has 3 amide bonds. The molecule has 1 fully saturated rings. The van der Waals surface area contributed by atoms with Gasteiger partial charge in [-0.25, -0.2) is 5.01 Å². The van der Waals surface area contributed by atoms with Gasteiger partial charge in [-0.3, -0.25) is 24.7 Å². The Morgan fingerprint density at radius 2 is 1.58 bits per heavy atom. The predicted octanol–water partition coefficient (Wildman–Crippen LogP) is 3.70. The van der Waals surface area contributed by atoms with Crippen molar-refractivity contribution in [1.82, 2.24) is 10.4 Å². The van der Waals surface area contributed by atoms with E-state index in [1.807, 2.05) is 13.0 Å². The number of hydrogen-bond acceptors (Lipinski definition) is 6. The molecule has 0 bridgehead atoms. The zero-order chi connectivity index (χ0) is 27.1. The number of thiocarbonyl (C=S) groups is 1. The molecule has 1 aliphatic heterocycles. The van der Waals surface area contributed by atoms with Gasteiger partial charge in [0, 0.05) is 5.69 Å². The molecule has 0 spiro atoms. The van der Waals surface area contributed by atoms with Crippen molar-refractivity contribution in [2.45, 2.75) is 25.8 Å². The van der Waals surface area contributed by atoms with Crippen molar-refractivity contribution in [1.29, 1.82) is 0 Å². The molecule has 3 aromatic rings. The van der Waals surface area contributed by atoms with Crippen LogP contribution in [0, 0.1) is 0 Å². The summed E-state index contributed by atoms with van der Waals surface area (Å²) in [4.78, 5) is 40.7. The van der Waals surface area contributed by atoms with Crippen LogP contribution in [0.25, 0.3) is 0 Å². The fourth-order valence-electron chi connectivity index (χ4n) is 4.01. The van der Waals surface area contributed by atoms with Crippen LogP contribution in [0.5, 0.6) is 11.5 Å². The molecule has 0 aromatic heterocycles. The van der Waals surface area contributed by atoms with E-state index in [4.69, 9.17) is 21.7 Å². The molecule has 10 heteroatoms. The third kappa shape index (κ3) is 6.27. The summed E-state index contributed by atoms with van der Waals surface area (Å²) in [5.41, 5.74) is 4.60. The highest BCUT2D eigenvalue weighted by Gasteiger charge is 2.45. The number of hydrazine groups is 1. The normalized spacial score (nSPS) is 14.8. The lowest BCUT2D eigenvalue weighted by Crippen LogP contribution is -2.50. The maximum absolute atomic E-state index is 13.5. The Bertz CT molecular complexity index is 1300. The highest BCUT2D eigenvalue weighted by molar-refractivity contribution is 7.80. The first-order valence-corrected chi connectivity index (χ1v) is 12.5. The molecular formula is C28H28N4O5S. The van der Waals surface area contributed by atoms with Crippen molar-refractivity contribution < 1.29 is 23.9 Å². The van der Waals surface area contributed by atoms with Gasteiger partial charge in [-0.15, -0.1) is 0 Å². The van der Waals surface area contributed by atoms with E-state index >= 15 is 0 Å². The molecule has 0 unspecified atom stereocenters. The zero-order valence-corrected chi connectivity index (χ0v) is 21.9. The maximum Gasteiger partial charge on any atom is 0.258 e. The van der Waals surface area contributed by atoms with Crippen LogP contribution < -0.4 is 25.1 Å². The Morgan fingerprint density at radius 3 is 2.21 bits per heavy atom. The van der Waals surface area contributed by atoms with E-state index in [1.165, 1.54) is 9.91 Å². The number of para-hydroxylation sites is 1. The molecule has 9 nitrogen and oxygen atoms in total. The number of rotatable bonds is 10. The lowest BCUT2D eigenvalue weighted by atomic mass is 10.1. The number of nitrogens with zero attached hydrogens (tertiary/aromatic N) is 2. The number of benzene rings is 3. The fourth-order valence-corrected chi connectivity index (χ4v) is 4.37. The van der Waals surface area contributed by atoms with Gasteiger partial charge in [-0.05, 0) is 73.2 Å². The van der Waals surface area contributed by atoms with Gasteiger partial charge in [0.15, 0.2) is 0 Å². The smallest absolute Gasteiger partial charge is 0.258 e. The summed E-state index contributed by atoms with van der Waals surface area (Å²) in [5.74, 6) is 0.174. The molecule has 0 aliphatic carbocycles. The van der Waals surface area contributed by atoms with E-state index in [0.717, 1.165) is 5.56 Å². The van der Waals surface area contributed by atoms with E-state index < -0.39 is 17.9 Å². The Labute approximate surface area is 226 Å². The van der Waals surface area contributed by atoms with Crippen molar-refractivity contribution >= 4 is 46.4 Å². The van der Waals surface area contributed by atoms with Gasteiger partial charge in [-0.2, -0.15) is 0 Å². The van der Waals surface area contributed by atoms with E-state index in [-0.39, 0.29) is 23.9 Å². The van der Waals surface area contributed by atoms with Crippen molar-refractivity contribution in [3.05, 3.63) is 84.4 Å². The number of methoxy groups -OCH3 is 1. The quantitative estimate of drug-likeness (QED) is 0.384. The number of ether oxygens (including phenoxy) is 2. The first-order valence-electron chi connectivity index (χ1n) is 12.1. The van der Waals surface area contributed by atoms with E-state index in [9.17, 15) is 14.4 Å². The van der Waals surface area contributed by atoms with Crippen LogP contribution in [0.4, 0.5) is 11.4 Å². The van der Waals surface area contributed by atoms with Gasteiger partial charge in [0.1, 0.15) is 17.5 Å². The monoisotopic (exact) mass is 532 g/mol. The molecule has 1 atom stereocenters. The van der Waals surface area contributed by atoms with Crippen molar-refractivity contribution in [2.75, 3.05) is 23.9 Å². The van der Waals surface area contributed by atoms with Crippen LogP contribution in [-0.2, 0) is 20.8 Å². The molecule has 2 N–H and O–H groups in total. The van der Waals surface area contributed by atoms with Gasteiger partial charge in [-0.1, -0.05) is 30.3 Å². The predicted molar refractivity (Wildman–Crippen MR) is 148 cm³/mol. The van der Waals surface area contributed by atoms with Crippen LogP contribution in [0.15, 0.2) is 78.9 Å². The number of carbonyl (C=O) groups excluding carboxylic acids is 3. The Morgan fingerprint density at radius 1 is 0.921 bits per heavy atom. The van der Waals surface area contributed by atoms with Gasteiger partial charge in [0.25, 0.3) is 5.91 Å². The van der Waals surface area contributed by atoms with Crippen LogP contribution in [0.3, 0.4) is 0 Å². The van der Waals surface area contributed by atoms with Crippen molar-refractivity contribution in [3.8, 4) is 11.5 Å². The van der Waals surface area contributed by atoms with Gasteiger partial charge >= 0.3 is 0 Å². The van der Waals surface area contributed by atoms with Crippen LogP contribution in [-0.4, -0.2) is 47.6 Å². The molecule has 0 radical (unpaired) electrons. The average Bonchev–Trinajstić information content (AvgIpc) is 3.14. The fraction of sp³-hybridized carbons (Fsp3) is 0.214. The third-order valence-corrected chi connectivity index (χ3v) is 6.20. The van der Waals surface area contributed by atoms with Crippen molar-refractivity contribution in [3.63, 3.8) is 0 Å². The summed E-state index contributed by atoms with van der Waals surface area (Å²) in [6, 6.07) is 21.9. The Kier molecular flexibility index (Phi) is 8.55. The van der Waals surface area contributed by atoms with Gasteiger partial charge in [0.05, 0.1) is 32.2 Å². The highest BCUT2D eigenvalue weighted by atomic mass is 32.1. The average molecular weight is 533 g/mol. The minimum atomic E-state index is -1.02. The lowest BCUT2D eigenvalue weighted by Gasteiger charge is -2.24. The first kappa shape index (κ1) is 26.6. The zero-order valence-electron chi connectivity index (χ0n) is 21.0. The summed E-state index contributed by atoms with van der Waals surface area (Å²) in [7, 11) is 1.57. The summed E-state index contributed by atoms with van der Waals surface area (Å²) >= 11 is 5.59. The maximum atomic E-state index is 13.5. The summed E-state index contributed by atoms with van der Waals surface area (Å²) in [5, 5.41) is 4.18. The van der Waals surface area contributed by atoms with Crippen LogP contribution in [0.1, 0.15) is 18.9 Å². The second kappa shape index (κ2) is 12.2. The van der Waals surface area contributed by atoms with Crippen LogP contribution >= 0.6 is 12.2 Å². The molecule has 4 rings (SSSR count). The topological polar surface area (TPSA) is 100 Å². The SMILES string of the molecule is CCOc1ccc(NC(=O)C[C@@H]2C(=O)N(c3ccccc3)C(=S)N2NC(=O)Cc2ccc(OC)cc2)cc1. The summed E-state index contributed by atoms with van der Waals surface area (Å²) in [6.45, 7) is 2.42. The molecule has 38 heavy (non-hydrogen) atoms. The van der Waals surface area contributed by atoms with Crippen LogP contribution in [0.2, 0.25) is 0 Å². The molecule has 3 aromatic carbocycles. The van der Waals surface area contributed by atoms with Crippen molar-refractivity contribution in [2.24, 2.45) is 0 Å². The van der Waals surface area contributed by atoms with E-state index in [1.54, 1.807) is 79.9 Å². The minimum absolute atomic E-state index is 0.0493. The number of nitrogens with one attached hydrogen (secondary N) is 2. The molecule has 1 heterocycles. The minimum Gasteiger partial charge on any atom is -0.497 e. The van der Waals surface area contributed by atoms with E-state index in [0.29, 0.717) is 29.5 Å². The number of hydrogen-bond donors (Lipinski definition) is 2. The van der Waals surface area contributed by atoms with E-state index in [2.05, 4.69) is 10.7 Å². The Hall–Kier alpha value is -4.44. The standard InChI is InChI=1S/C28H28N4O5S/c1-3-37-23-15-11-20(12-16-23)29-25(33)18-24-27(35)31(21-7-5-4-6-8-21)28(38)32(24)30-26(34)17-19-9-13-22(36-2)14-10-19/h4-16,24H,3,17-18H2,1-2H3,(H,29,33)(H,30,34)/t24-/m1/s1. The molecular weight excluding hydrogens is 504 g/mol. The van der Waals surface area contributed by atoms with Gasteiger partial charge in [0.2, 0.25) is 16.9 Å². The number of anilines is 2. The molecule has 1 aliphatic rings. The third-order valence-electron chi connectivity index (χ3n) is 5.83. The Balaban J connectivity index is 1.50. The largest absolute Gasteiger partial charge is 0.497 e. The second-order valence-electron chi connectivity index (χ2n) is 8.45. The molecule has 0 saturated carbocycles. The first-order chi connectivity index (χ1) is 18.4. The highest BCUT2D eigenvalue weighted by Crippen LogP contribution is 2.26. The summed E-state index contributed by atoms with van der Waals surface area (Å²) < 4.78 is 10.6. The number of amides is 3.